The third-order valence-corrected chi connectivity index (χ3v) is 3.63. The van der Waals surface area contributed by atoms with Crippen molar-refractivity contribution < 1.29 is 37.0 Å². The van der Waals surface area contributed by atoms with E-state index < -0.39 is 24.1 Å². The molecule has 1 heterocycles. The Morgan fingerprint density at radius 1 is 1.38 bits per heavy atom. The van der Waals surface area contributed by atoms with Gasteiger partial charge < -0.3 is 24.4 Å². The van der Waals surface area contributed by atoms with Crippen molar-refractivity contribution >= 4 is 11.8 Å². The fourth-order valence-electron chi connectivity index (χ4n) is 2.39. The molecule has 1 aliphatic rings. The van der Waals surface area contributed by atoms with Crippen LogP contribution in [-0.4, -0.2) is 69.1 Å². The molecule has 1 aliphatic heterocycles. The summed E-state index contributed by atoms with van der Waals surface area (Å²) in [6.45, 7) is 0.926. The molecular formula is C16H19F3N2O5. The summed E-state index contributed by atoms with van der Waals surface area (Å²) in [5.41, 5.74) is -0.243. The lowest BCUT2D eigenvalue weighted by atomic mass is 10.2. The molecule has 1 aromatic rings. The van der Waals surface area contributed by atoms with Gasteiger partial charge in [0.15, 0.2) is 0 Å². The molecule has 1 unspecified atom stereocenters. The molecule has 0 bridgehead atoms. The molecule has 144 valence electrons. The summed E-state index contributed by atoms with van der Waals surface area (Å²) in [5.74, 6) is -1.50. The number of rotatable bonds is 7. The molecular weight excluding hydrogens is 357 g/mol. The lowest BCUT2D eigenvalue weighted by molar-refractivity contribution is -0.274. The molecule has 2 amide bonds. The second-order valence-electron chi connectivity index (χ2n) is 5.52. The Morgan fingerprint density at radius 2 is 2.12 bits per heavy atom. The molecule has 2 rings (SSSR count). The van der Waals surface area contributed by atoms with E-state index in [1.807, 2.05) is 0 Å². The van der Waals surface area contributed by atoms with Crippen molar-refractivity contribution in [1.82, 2.24) is 10.2 Å². The highest BCUT2D eigenvalue weighted by Gasteiger charge is 2.33. The van der Waals surface area contributed by atoms with Gasteiger partial charge in [0.1, 0.15) is 12.4 Å². The lowest BCUT2D eigenvalue weighted by Gasteiger charge is -2.32. The number of morpholine rings is 1. The van der Waals surface area contributed by atoms with E-state index in [0.717, 1.165) is 6.07 Å². The Bertz CT molecular complexity index is 639. The van der Waals surface area contributed by atoms with Gasteiger partial charge in [-0.2, -0.15) is 0 Å². The molecule has 0 spiro atoms. The Morgan fingerprint density at radius 3 is 2.81 bits per heavy atom. The second-order valence-corrected chi connectivity index (χ2v) is 5.52. The Hall–Kier alpha value is -2.33. The first-order valence-corrected chi connectivity index (χ1v) is 7.81. The van der Waals surface area contributed by atoms with Crippen LogP contribution in [-0.2, 0) is 14.3 Å². The maximum Gasteiger partial charge on any atom is 0.573 e. The molecule has 0 radical (unpaired) electrons. The summed E-state index contributed by atoms with van der Waals surface area (Å²) in [4.78, 5) is 25.5. The molecule has 26 heavy (non-hydrogen) atoms. The summed E-state index contributed by atoms with van der Waals surface area (Å²) in [6, 6.07) is 5.05. The van der Waals surface area contributed by atoms with Gasteiger partial charge in [0, 0.05) is 26.7 Å². The van der Waals surface area contributed by atoms with E-state index >= 15 is 0 Å². The predicted molar refractivity (Wildman–Crippen MR) is 83.7 cm³/mol. The van der Waals surface area contributed by atoms with E-state index in [4.69, 9.17) is 9.47 Å². The van der Waals surface area contributed by atoms with Crippen LogP contribution in [0.5, 0.6) is 5.75 Å². The van der Waals surface area contributed by atoms with E-state index in [9.17, 15) is 22.8 Å². The largest absolute Gasteiger partial charge is 0.573 e. The minimum atomic E-state index is -4.90. The molecule has 1 atom stereocenters. The second kappa shape index (κ2) is 8.86. The first-order valence-electron chi connectivity index (χ1n) is 7.81. The van der Waals surface area contributed by atoms with Crippen LogP contribution in [0.4, 0.5) is 13.2 Å². The van der Waals surface area contributed by atoms with Crippen molar-refractivity contribution in [2.24, 2.45) is 0 Å². The van der Waals surface area contributed by atoms with Gasteiger partial charge in [-0.05, 0) is 12.1 Å². The number of benzene rings is 1. The minimum absolute atomic E-state index is 0.0376. The number of nitrogens with one attached hydrogen (secondary N) is 1. The third-order valence-electron chi connectivity index (χ3n) is 3.63. The molecule has 1 saturated heterocycles. The van der Waals surface area contributed by atoms with E-state index in [2.05, 4.69) is 10.1 Å². The monoisotopic (exact) mass is 376 g/mol. The fraction of sp³-hybridized carbons (Fsp3) is 0.500. The SMILES string of the molecule is COCCN1CC(CNC(=O)c2ccccc2OC(F)(F)F)OCC1=O. The summed E-state index contributed by atoms with van der Waals surface area (Å²) in [5, 5.41) is 2.51. The highest BCUT2D eigenvalue weighted by molar-refractivity contribution is 5.96. The number of carbonyl (C=O) groups excluding carboxylic acids is 2. The van der Waals surface area contributed by atoms with Crippen LogP contribution < -0.4 is 10.1 Å². The topological polar surface area (TPSA) is 77.1 Å². The molecule has 1 aromatic carbocycles. The zero-order valence-corrected chi connectivity index (χ0v) is 14.0. The number of nitrogens with zero attached hydrogens (tertiary/aromatic N) is 1. The van der Waals surface area contributed by atoms with Crippen LogP contribution in [0.25, 0.3) is 0 Å². The van der Waals surface area contributed by atoms with Crippen LogP contribution in [0, 0.1) is 0 Å². The van der Waals surface area contributed by atoms with Crippen molar-refractivity contribution in [1.29, 1.82) is 0 Å². The number of alkyl halides is 3. The zero-order valence-electron chi connectivity index (χ0n) is 14.0. The van der Waals surface area contributed by atoms with Crippen LogP contribution in [0.1, 0.15) is 10.4 Å². The quantitative estimate of drug-likeness (QED) is 0.774. The van der Waals surface area contributed by atoms with E-state index in [1.165, 1.54) is 25.3 Å². The summed E-state index contributed by atoms with van der Waals surface area (Å²) in [6.07, 6.45) is -5.37. The van der Waals surface area contributed by atoms with Crippen molar-refractivity contribution in [2.45, 2.75) is 12.5 Å². The number of methoxy groups -OCH3 is 1. The molecule has 10 heteroatoms. The maximum atomic E-state index is 12.4. The smallest absolute Gasteiger partial charge is 0.405 e. The van der Waals surface area contributed by atoms with Gasteiger partial charge in [-0.3, -0.25) is 9.59 Å². The zero-order chi connectivity index (χ0) is 19.2. The highest BCUT2D eigenvalue weighted by Crippen LogP contribution is 2.26. The summed E-state index contributed by atoms with van der Waals surface area (Å²) < 4.78 is 51.4. The fourth-order valence-corrected chi connectivity index (χ4v) is 2.39. The van der Waals surface area contributed by atoms with Gasteiger partial charge >= 0.3 is 6.36 Å². The van der Waals surface area contributed by atoms with Gasteiger partial charge in [-0.1, -0.05) is 12.1 Å². The average Bonchev–Trinajstić information content (AvgIpc) is 2.58. The molecule has 1 N–H and O–H groups in total. The minimum Gasteiger partial charge on any atom is -0.405 e. The van der Waals surface area contributed by atoms with Crippen LogP contribution in [0.2, 0.25) is 0 Å². The molecule has 7 nitrogen and oxygen atoms in total. The van der Waals surface area contributed by atoms with Crippen LogP contribution in [0.15, 0.2) is 24.3 Å². The van der Waals surface area contributed by atoms with E-state index in [0.29, 0.717) is 13.2 Å². The molecule has 0 saturated carbocycles. The number of ether oxygens (including phenoxy) is 3. The predicted octanol–water partition coefficient (Wildman–Crippen LogP) is 1.19. The number of halogens is 3. The van der Waals surface area contributed by atoms with Gasteiger partial charge in [-0.25, -0.2) is 0 Å². The summed E-state index contributed by atoms with van der Waals surface area (Å²) in [7, 11) is 1.52. The Balaban J connectivity index is 1.93. The van der Waals surface area contributed by atoms with Gasteiger partial charge in [0.25, 0.3) is 5.91 Å². The number of hydrogen-bond donors (Lipinski definition) is 1. The standard InChI is InChI=1S/C16H19F3N2O5/c1-24-7-6-21-9-11(25-10-14(21)22)8-20-15(23)12-4-2-3-5-13(12)26-16(17,18)19/h2-5,11H,6-10H2,1H3,(H,20,23). The van der Waals surface area contributed by atoms with E-state index in [-0.39, 0.29) is 31.2 Å². The van der Waals surface area contributed by atoms with Gasteiger partial charge in [0.05, 0.1) is 18.3 Å². The molecule has 0 aliphatic carbocycles. The first-order chi connectivity index (χ1) is 12.3. The van der Waals surface area contributed by atoms with Crippen LogP contribution in [0.3, 0.4) is 0 Å². The number of para-hydroxylation sites is 1. The summed E-state index contributed by atoms with van der Waals surface area (Å²) >= 11 is 0. The van der Waals surface area contributed by atoms with Gasteiger partial charge in [0.2, 0.25) is 5.91 Å². The number of carbonyl (C=O) groups is 2. The normalized spacial score (nSPS) is 17.9. The van der Waals surface area contributed by atoms with Crippen LogP contribution >= 0.6 is 0 Å². The Labute approximate surface area is 148 Å². The Kier molecular flexibility index (Phi) is 6.81. The van der Waals surface area contributed by atoms with Crippen molar-refractivity contribution in [3.05, 3.63) is 29.8 Å². The van der Waals surface area contributed by atoms with Crippen molar-refractivity contribution in [3.8, 4) is 5.75 Å². The lowest BCUT2D eigenvalue weighted by Crippen LogP contribution is -2.51. The molecule has 1 fully saturated rings. The number of hydrogen-bond acceptors (Lipinski definition) is 5. The highest BCUT2D eigenvalue weighted by atomic mass is 19.4. The van der Waals surface area contributed by atoms with Crippen molar-refractivity contribution in [2.75, 3.05) is 40.0 Å². The average molecular weight is 376 g/mol. The van der Waals surface area contributed by atoms with Crippen molar-refractivity contribution in [3.63, 3.8) is 0 Å². The number of amides is 2. The molecule has 0 aromatic heterocycles. The third kappa shape index (κ3) is 5.88. The van der Waals surface area contributed by atoms with E-state index in [1.54, 1.807) is 4.90 Å². The first kappa shape index (κ1) is 20.0. The van der Waals surface area contributed by atoms with Gasteiger partial charge in [-0.15, -0.1) is 13.2 Å². The maximum absolute atomic E-state index is 12.4.